The molecular weight excluding hydrogens is 312 g/mol. The first kappa shape index (κ1) is 16.6. The van der Waals surface area contributed by atoms with E-state index in [2.05, 4.69) is 5.32 Å². The molecule has 2 aliphatic rings. The Hall–Kier alpha value is -1.26. The minimum Gasteiger partial charge on any atom is -0.492 e. The van der Waals surface area contributed by atoms with Crippen molar-refractivity contribution in [2.75, 3.05) is 20.2 Å². The summed E-state index contributed by atoms with van der Waals surface area (Å²) in [5, 5.41) is 4.32. The van der Waals surface area contributed by atoms with Crippen LogP contribution in [0.3, 0.4) is 0 Å². The molecule has 1 N–H and O–H groups in total. The van der Waals surface area contributed by atoms with E-state index in [-0.39, 0.29) is 5.91 Å². The standard InChI is InChI=1S/C18H25ClN2O2/c1-21(8-9-23-17-6-2-14(19)3-7-17)18(22)12-13-10-15-4-5-16(11-13)20-15/h2-3,6-7,13,15-16,20H,4-5,8-12H2,1H3. The van der Waals surface area contributed by atoms with Crippen LogP contribution in [-0.4, -0.2) is 43.1 Å². The Balaban J connectivity index is 1.38. The molecule has 5 heteroatoms. The van der Waals surface area contributed by atoms with Gasteiger partial charge in [0.2, 0.25) is 5.91 Å². The van der Waals surface area contributed by atoms with Gasteiger partial charge in [0.15, 0.2) is 0 Å². The molecule has 2 saturated heterocycles. The van der Waals surface area contributed by atoms with Crippen molar-refractivity contribution < 1.29 is 9.53 Å². The lowest BCUT2D eigenvalue weighted by molar-refractivity contribution is -0.131. The molecule has 0 aliphatic carbocycles. The van der Waals surface area contributed by atoms with Crippen molar-refractivity contribution in [1.29, 1.82) is 0 Å². The molecule has 2 fully saturated rings. The number of ether oxygens (including phenoxy) is 1. The van der Waals surface area contributed by atoms with Crippen LogP contribution in [0.4, 0.5) is 0 Å². The van der Waals surface area contributed by atoms with Gasteiger partial charge in [0.05, 0.1) is 6.54 Å². The monoisotopic (exact) mass is 336 g/mol. The topological polar surface area (TPSA) is 41.6 Å². The summed E-state index contributed by atoms with van der Waals surface area (Å²) in [5.41, 5.74) is 0. The number of halogens is 1. The summed E-state index contributed by atoms with van der Waals surface area (Å²) >= 11 is 5.84. The predicted molar refractivity (Wildman–Crippen MR) is 91.9 cm³/mol. The summed E-state index contributed by atoms with van der Waals surface area (Å²) in [6, 6.07) is 8.58. The zero-order chi connectivity index (χ0) is 16.2. The molecule has 1 amide bonds. The van der Waals surface area contributed by atoms with E-state index in [0.29, 0.717) is 42.6 Å². The van der Waals surface area contributed by atoms with E-state index >= 15 is 0 Å². The van der Waals surface area contributed by atoms with Crippen LogP contribution in [0, 0.1) is 5.92 Å². The van der Waals surface area contributed by atoms with Crippen molar-refractivity contribution in [2.24, 2.45) is 5.92 Å². The number of carbonyl (C=O) groups is 1. The zero-order valence-electron chi connectivity index (χ0n) is 13.6. The average Bonchev–Trinajstić information content (AvgIpc) is 2.88. The Bertz CT molecular complexity index is 522. The number of likely N-dealkylation sites (N-methyl/N-ethyl adjacent to an activating group) is 1. The molecule has 2 heterocycles. The van der Waals surface area contributed by atoms with Crippen LogP contribution in [0.2, 0.25) is 5.02 Å². The van der Waals surface area contributed by atoms with Gasteiger partial charge >= 0.3 is 0 Å². The number of nitrogens with one attached hydrogen (secondary N) is 1. The Kier molecular flexibility index (Phi) is 5.44. The molecule has 1 aromatic rings. The lowest BCUT2D eigenvalue weighted by atomic mass is 9.89. The van der Waals surface area contributed by atoms with Crippen molar-refractivity contribution in [3.05, 3.63) is 29.3 Å². The second-order valence-electron chi connectivity index (χ2n) is 6.80. The number of hydrogen-bond donors (Lipinski definition) is 1. The van der Waals surface area contributed by atoms with E-state index in [1.165, 1.54) is 12.8 Å². The largest absolute Gasteiger partial charge is 0.492 e. The molecule has 0 spiro atoms. The Morgan fingerprint density at radius 2 is 1.91 bits per heavy atom. The van der Waals surface area contributed by atoms with Gasteiger partial charge in [-0.2, -0.15) is 0 Å². The summed E-state index contributed by atoms with van der Waals surface area (Å²) in [7, 11) is 1.86. The van der Waals surface area contributed by atoms with Crippen LogP contribution in [0.15, 0.2) is 24.3 Å². The van der Waals surface area contributed by atoms with Crippen molar-refractivity contribution in [3.8, 4) is 5.75 Å². The molecule has 3 rings (SSSR count). The van der Waals surface area contributed by atoms with Crippen LogP contribution in [0.5, 0.6) is 5.75 Å². The number of fused-ring (bicyclic) bond motifs is 2. The SMILES string of the molecule is CN(CCOc1ccc(Cl)cc1)C(=O)CC1CC2CCC(C1)N2. The highest BCUT2D eigenvalue weighted by molar-refractivity contribution is 6.30. The third kappa shape index (κ3) is 4.61. The van der Waals surface area contributed by atoms with Gasteiger partial charge in [-0.25, -0.2) is 0 Å². The molecule has 23 heavy (non-hydrogen) atoms. The smallest absolute Gasteiger partial charge is 0.222 e. The maximum atomic E-state index is 12.4. The van der Waals surface area contributed by atoms with Crippen molar-refractivity contribution in [2.45, 2.75) is 44.2 Å². The molecule has 1 aromatic carbocycles. The quantitative estimate of drug-likeness (QED) is 0.868. The zero-order valence-corrected chi connectivity index (χ0v) is 14.4. The number of amides is 1. The van der Waals surface area contributed by atoms with Crippen LogP contribution < -0.4 is 10.1 Å². The summed E-state index contributed by atoms with van der Waals surface area (Å²) < 4.78 is 5.65. The molecule has 126 valence electrons. The molecule has 2 atom stereocenters. The van der Waals surface area contributed by atoms with Gasteiger partial charge in [-0.1, -0.05) is 11.6 Å². The van der Waals surface area contributed by atoms with E-state index in [1.807, 2.05) is 19.2 Å². The van der Waals surface area contributed by atoms with Gasteiger partial charge in [0.1, 0.15) is 12.4 Å². The molecular formula is C18H25ClN2O2. The normalized spacial score (nSPS) is 26.1. The fourth-order valence-electron chi connectivity index (χ4n) is 3.70. The average molecular weight is 337 g/mol. The van der Waals surface area contributed by atoms with Gasteiger partial charge in [0, 0.05) is 30.6 Å². The van der Waals surface area contributed by atoms with E-state index in [1.54, 1.807) is 17.0 Å². The van der Waals surface area contributed by atoms with E-state index in [4.69, 9.17) is 16.3 Å². The minimum absolute atomic E-state index is 0.232. The summed E-state index contributed by atoms with van der Waals surface area (Å²) in [6.45, 7) is 1.11. The first-order chi connectivity index (χ1) is 11.1. The second-order valence-corrected chi connectivity index (χ2v) is 7.23. The first-order valence-corrected chi connectivity index (χ1v) is 8.86. The Morgan fingerprint density at radius 1 is 1.26 bits per heavy atom. The van der Waals surface area contributed by atoms with Gasteiger partial charge < -0.3 is 15.0 Å². The van der Waals surface area contributed by atoms with Gasteiger partial charge in [0.25, 0.3) is 0 Å². The summed E-state index contributed by atoms with van der Waals surface area (Å²) in [5.74, 6) is 1.56. The van der Waals surface area contributed by atoms with Crippen LogP contribution in [0.25, 0.3) is 0 Å². The number of hydrogen-bond acceptors (Lipinski definition) is 3. The van der Waals surface area contributed by atoms with Gasteiger partial charge in [-0.3, -0.25) is 4.79 Å². The lowest BCUT2D eigenvalue weighted by Gasteiger charge is -2.30. The van der Waals surface area contributed by atoms with Gasteiger partial charge in [-0.05, 0) is 55.9 Å². The molecule has 2 bridgehead atoms. The van der Waals surface area contributed by atoms with E-state index in [9.17, 15) is 4.79 Å². The number of benzene rings is 1. The molecule has 4 nitrogen and oxygen atoms in total. The fraction of sp³-hybridized carbons (Fsp3) is 0.611. The van der Waals surface area contributed by atoms with E-state index < -0.39 is 0 Å². The van der Waals surface area contributed by atoms with Crippen LogP contribution in [0.1, 0.15) is 32.1 Å². The highest BCUT2D eigenvalue weighted by atomic mass is 35.5. The molecule has 2 aliphatic heterocycles. The third-order valence-electron chi connectivity index (χ3n) is 4.97. The third-order valence-corrected chi connectivity index (χ3v) is 5.22. The van der Waals surface area contributed by atoms with Crippen molar-refractivity contribution in [1.82, 2.24) is 10.2 Å². The maximum Gasteiger partial charge on any atom is 0.222 e. The molecule has 0 radical (unpaired) electrons. The highest BCUT2D eigenvalue weighted by Crippen LogP contribution is 2.32. The van der Waals surface area contributed by atoms with Crippen molar-refractivity contribution >= 4 is 17.5 Å². The highest BCUT2D eigenvalue weighted by Gasteiger charge is 2.34. The van der Waals surface area contributed by atoms with Crippen molar-refractivity contribution in [3.63, 3.8) is 0 Å². The summed E-state index contributed by atoms with van der Waals surface area (Å²) in [6.07, 6.45) is 5.53. The predicted octanol–water partition coefficient (Wildman–Crippen LogP) is 3.10. The molecule has 2 unspecified atom stereocenters. The number of carbonyl (C=O) groups excluding carboxylic acids is 1. The van der Waals surface area contributed by atoms with Gasteiger partial charge in [-0.15, -0.1) is 0 Å². The number of piperidine rings is 1. The Labute approximate surface area is 143 Å². The summed E-state index contributed by atoms with van der Waals surface area (Å²) in [4.78, 5) is 14.2. The van der Waals surface area contributed by atoms with Crippen LogP contribution in [-0.2, 0) is 4.79 Å². The number of nitrogens with zero attached hydrogens (tertiary/aromatic N) is 1. The van der Waals surface area contributed by atoms with E-state index in [0.717, 1.165) is 18.6 Å². The lowest BCUT2D eigenvalue weighted by Crippen LogP contribution is -2.40. The molecule has 0 aromatic heterocycles. The second kappa shape index (κ2) is 7.54. The number of rotatable bonds is 6. The maximum absolute atomic E-state index is 12.4. The minimum atomic E-state index is 0.232. The Morgan fingerprint density at radius 3 is 2.57 bits per heavy atom. The first-order valence-electron chi connectivity index (χ1n) is 8.48. The van der Waals surface area contributed by atoms with Crippen LogP contribution >= 0.6 is 11.6 Å². The fourth-order valence-corrected chi connectivity index (χ4v) is 3.83. The molecule has 0 saturated carbocycles.